The van der Waals surface area contributed by atoms with Crippen molar-refractivity contribution in [2.45, 2.75) is 83.9 Å². The Hall–Kier alpha value is -3.96. The number of hydrogen-bond donors (Lipinski definition) is 3. The predicted molar refractivity (Wildman–Crippen MR) is 182 cm³/mol. The number of nitrogens with zero attached hydrogens (tertiary/aromatic N) is 1. The summed E-state index contributed by atoms with van der Waals surface area (Å²) < 4.78 is 5.42. The fraction of sp³-hybridized carbons (Fsp3) is 0.417. The van der Waals surface area contributed by atoms with Crippen molar-refractivity contribution in [1.82, 2.24) is 10.2 Å². The number of fused-ring (bicyclic) bond motifs is 1. The number of ether oxygens (including phenoxy) is 1. The van der Waals surface area contributed by atoms with Crippen molar-refractivity contribution in [3.05, 3.63) is 77.9 Å². The van der Waals surface area contributed by atoms with E-state index in [0.29, 0.717) is 29.8 Å². The van der Waals surface area contributed by atoms with Crippen LogP contribution in [0.4, 0.5) is 10.5 Å². The molecule has 234 valence electrons. The molecule has 0 aromatic heterocycles. The summed E-state index contributed by atoms with van der Waals surface area (Å²) in [7, 11) is 0. The highest BCUT2D eigenvalue weighted by Crippen LogP contribution is 2.29. The summed E-state index contributed by atoms with van der Waals surface area (Å²) in [6.07, 6.45) is 11.1. The first-order chi connectivity index (χ1) is 21.1. The van der Waals surface area contributed by atoms with E-state index >= 15 is 0 Å². The first-order valence-corrected chi connectivity index (χ1v) is 16.0. The quantitative estimate of drug-likeness (QED) is 0.0995. The van der Waals surface area contributed by atoms with Gasteiger partial charge in [0.25, 0.3) is 5.91 Å². The number of alkyl carbamates (subject to hydrolysis) is 1. The van der Waals surface area contributed by atoms with Crippen LogP contribution in [0.1, 0.15) is 83.4 Å². The average Bonchev–Trinajstić information content (AvgIpc) is 2.99. The van der Waals surface area contributed by atoms with Crippen LogP contribution >= 0.6 is 12.6 Å². The van der Waals surface area contributed by atoms with Crippen molar-refractivity contribution in [1.29, 1.82) is 0 Å². The number of amides is 3. The molecule has 0 fully saturated rings. The number of benzene rings is 3. The van der Waals surface area contributed by atoms with Crippen LogP contribution in [0.25, 0.3) is 10.8 Å². The zero-order chi connectivity index (χ0) is 32.1. The molecule has 3 rings (SSSR count). The lowest BCUT2D eigenvalue weighted by Crippen LogP contribution is -2.53. The summed E-state index contributed by atoms with van der Waals surface area (Å²) in [6, 6.07) is 18.6. The molecule has 0 bridgehead atoms. The van der Waals surface area contributed by atoms with Gasteiger partial charge in [0.1, 0.15) is 17.7 Å². The lowest BCUT2D eigenvalue weighted by molar-refractivity contribution is -0.140. The lowest BCUT2D eigenvalue weighted by atomic mass is 9.97. The van der Waals surface area contributed by atoms with Crippen molar-refractivity contribution in [3.8, 4) is 12.3 Å². The molecule has 0 saturated heterocycles. The van der Waals surface area contributed by atoms with Gasteiger partial charge in [0.05, 0.1) is 0 Å². The molecule has 0 saturated carbocycles. The topological polar surface area (TPSA) is 87.7 Å². The summed E-state index contributed by atoms with van der Waals surface area (Å²) in [6.45, 7) is 7.70. The van der Waals surface area contributed by atoms with Gasteiger partial charge in [0, 0.05) is 23.5 Å². The summed E-state index contributed by atoms with van der Waals surface area (Å²) in [5.41, 5.74) is 0.888. The Bertz CT molecular complexity index is 1460. The van der Waals surface area contributed by atoms with Gasteiger partial charge in [0.2, 0.25) is 5.91 Å². The number of carbonyl (C=O) groups excluding carboxylic acids is 3. The standard InChI is InChI=1S/C36H45N3O4S/c1-6-8-9-10-11-16-23-39(34(41)31(25-44)38-35(42)43-36(3,4)5)32(30-20-15-14-17-26(30)7-2)33(40)37-29-22-21-27-18-12-13-19-28(27)24-29/h2,12-15,17-22,24,31-32,44H,6,8-11,16,23,25H2,1,3-5H3,(H,37,40)(H,38,42). The van der Waals surface area contributed by atoms with Gasteiger partial charge in [-0.3, -0.25) is 9.59 Å². The number of rotatable bonds is 14. The second kappa shape index (κ2) is 16.8. The maximum atomic E-state index is 14.3. The summed E-state index contributed by atoms with van der Waals surface area (Å²) in [5, 5.41) is 7.72. The van der Waals surface area contributed by atoms with Crippen molar-refractivity contribution >= 4 is 47.0 Å². The Kier molecular flexibility index (Phi) is 13.2. The van der Waals surface area contributed by atoms with Crippen LogP contribution in [-0.2, 0) is 14.3 Å². The van der Waals surface area contributed by atoms with Gasteiger partial charge in [0.15, 0.2) is 0 Å². The largest absolute Gasteiger partial charge is 0.444 e. The Morgan fingerprint density at radius 1 is 0.932 bits per heavy atom. The molecular weight excluding hydrogens is 570 g/mol. The Morgan fingerprint density at radius 3 is 2.27 bits per heavy atom. The molecule has 0 heterocycles. The first kappa shape index (κ1) is 34.5. The fourth-order valence-electron chi connectivity index (χ4n) is 5.06. The smallest absolute Gasteiger partial charge is 0.408 e. The number of nitrogens with one attached hydrogen (secondary N) is 2. The van der Waals surface area contributed by atoms with E-state index in [9.17, 15) is 14.4 Å². The zero-order valence-corrected chi connectivity index (χ0v) is 27.2. The second-order valence-corrected chi connectivity index (χ2v) is 12.2. The number of anilines is 1. The SMILES string of the molecule is C#Cc1ccccc1C(C(=O)Nc1ccc2ccccc2c1)N(CCCCCCCC)C(=O)C(CS)NC(=O)OC(C)(C)C. The summed E-state index contributed by atoms with van der Waals surface area (Å²) in [4.78, 5) is 42.7. The van der Waals surface area contributed by atoms with Gasteiger partial charge in [-0.15, -0.1) is 6.42 Å². The van der Waals surface area contributed by atoms with E-state index in [1.165, 1.54) is 4.90 Å². The third-order valence-electron chi connectivity index (χ3n) is 7.20. The molecule has 0 radical (unpaired) electrons. The number of thiol groups is 1. The minimum Gasteiger partial charge on any atom is -0.444 e. The Labute approximate surface area is 267 Å². The van der Waals surface area contributed by atoms with Crippen molar-refractivity contribution in [2.24, 2.45) is 0 Å². The van der Waals surface area contributed by atoms with Crippen molar-refractivity contribution in [3.63, 3.8) is 0 Å². The maximum Gasteiger partial charge on any atom is 0.408 e. The highest BCUT2D eigenvalue weighted by Gasteiger charge is 2.36. The first-order valence-electron chi connectivity index (χ1n) is 15.3. The maximum absolute atomic E-state index is 14.3. The predicted octanol–water partition coefficient (Wildman–Crippen LogP) is 7.51. The van der Waals surface area contributed by atoms with E-state index in [2.05, 4.69) is 36.1 Å². The van der Waals surface area contributed by atoms with E-state index in [4.69, 9.17) is 11.2 Å². The van der Waals surface area contributed by atoms with Crippen LogP contribution in [0.3, 0.4) is 0 Å². The fourth-order valence-corrected chi connectivity index (χ4v) is 5.31. The van der Waals surface area contributed by atoms with Gasteiger partial charge in [-0.1, -0.05) is 93.5 Å². The van der Waals surface area contributed by atoms with Gasteiger partial charge < -0.3 is 20.3 Å². The van der Waals surface area contributed by atoms with Crippen molar-refractivity contribution in [2.75, 3.05) is 17.6 Å². The van der Waals surface area contributed by atoms with E-state index in [-0.39, 0.29) is 5.75 Å². The van der Waals surface area contributed by atoms with Gasteiger partial charge in [-0.05, 0) is 61.7 Å². The molecule has 8 heteroatoms. The van der Waals surface area contributed by atoms with E-state index in [1.54, 1.807) is 45.0 Å². The Balaban J connectivity index is 2.01. The minimum absolute atomic E-state index is 0.0148. The molecule has 0 spiro atoms. The Morgan fingerprint density at radius 2 is 1.59 bits per heavy atom. The van der Waals surface area contributed by atoms with Crippen LogP contribution in [-0.4, -0.2) is 46.7 Å². The van der Waals surface area contributed by atoms with Crippen LogP contribution in [0, 0.1) is 12.3 Å². The van der Waals surface area contributed by atoms with E-state index < -0.39 is 35.6 Å². The highest BCUT2D eigenvalue weighted by atomic mass is 32.1. The van der Waals surface area contributed by atoms with Crippen LogP contribution in [0.15, 0.2) is 66.7 Å². The molecule has 7 nitrogen and oxygen atoms in total. The van der Waals surface area contributed by atoms with Crippen molar-refractivity contribution < 1.29 is 19.1 Å². The number of unbranched alkanes of at least 4 members (excludes halogenated alkanes) is 5. The van der Waals surface area contributed by atoms with Gasteiger partial charge in [-0.2, -0.15) is 12.6 Å². The van der Waals surface area contributed by atoms with Crippen LogP contribution in [0.2, 0.25) is 0 Å². The molecule has 0 aliphatic rings. The molecule has 2 unspecified atom stereocenters. The lowest BCUT2D eigenvalue weighted by Gasteiger charge is -2.34. The highest BCUT2D eigenvalue weighted by molar-refractivity contribution is 7.80. The molecule has 3 aromatic carbocycles. The summed E-state index contributed by atoms with van der Waals surface area (Å²) in [5.74, 6) is 1.85. The number of hydrogen-bond acceptors (Lipinski definition) is 5. The molecule has 2 atom stereocenters. The molecule has 3 amide bonds. The molecule has 0 aliphatic carbocycles. The van der Waals surface area contributed by atoms with Crippen LogP contribution < -0.4 is 10.6 Å². The second-order valence-electron chi connectivity index (χ2n) is 11.9. The minimum atomic E-state index is -1.06. The zero-order valence-electron chi connectivity index (χ0n) is 26.3. The molecule has 2 N–H and O–H groups in total. The average molecular weight is 616 g/mol. The molecule has 0 aliphatic heterocycles. The molecular formula is C36H45N3O4S. The van der Waals surface area contributed by atoms with E-state index in [0.717, 1.165) is 42.9 Å². The molecule has 44 heavy (non-hydrogen) atoms. The normalized spacial score (nSPS) is 12.5. The van der Waals surface area contributed by atoms with E-state index in [1.807, 2.05) is 42.5 Å². The van der Waals surface area contributed by atoms with Gasteiger partial charge >= 0.3 is 6.09 Å². The summed E-state index contributed by atoms with van der Waals surface area (Å²) >= 11 is 4.39. The number of terminal acetylenes is 1. The number of carbonyl (C=O) groups is 3. The monoisotopic (exact) mass is 615 g/mol. The van der Waals surface area contributed by atoms with Crippen LogP contribution in [0.5, 0.6) is 0 Å². The third kappa shape index (κ3) is 10.1. The van der Waals surface area contributed by atoms with Gasteiger partial charge in [-0.25, -0.2) is 4.79 Å². The molecule has 3 aromatic rings. The third-order valence-corrected chi connectivity index (χ3v) is 7.56.